The second-order valence-corrected chi connectivity index (χ2v) is 4.88. The van der Waals surface area contributed by atoms with Gasteiger partial charge in [0.1, 0.15) is 5.82 Å². The van der Waals surface area contributed by atoms with Crippen LogP contribution in [0.3, 0.4) is 0 Å². The van der Waals surface area contributed by atoms with Crippen molar-refractivity contribution in [2.75, 3.05) is 11.9 Å². The number of carboxylic acids is 1. The van der Waals surface area contributed by atoms with Crippen molar-refractivity contribution in [1.82, 2.24) is 5.32 Å². The molecule has 3 N–H and O–H groups in total. The van der Waals surface area contributed by atoms with Crippen LogP contribution >= 0.6 is 0 Å². The van der Waals surface area contributed by atoms with E-state index >= 15 is 0 Å². The number of aliphatic carboxylic acids is 1. The van der Waals surface area contributed by atoms with Gasteiger partial charge < -0.3 is 15.7 Å². The highest BCUT2D eigenvalue weighted by Crippen LogP contribution is 2.45. The molecule has 1 aliphatic rings. The van der Waals surface area contributed by atoms with Crippen LogP contribution in [0.15, 0.2) is 18.2 Å². The number of carbonyl (C=O) groups is 2. The molecule has 2 rings (SSSR count). The number of halogens is 1. The lowest BCUT2D eigenvalue weighted by Crippen LogP contribution is -2.37. The number of rotatable bonds is 4. The molecule has 0 aromatic heterocycles. The van der Waals surface area contributed by atoms with E-state index in [0.717, 1.165) is 5.56 Å². The molecule has 1 fully saturated rings. The Morgan fingerprint density at radius 1 is 1.42 bits per heavy atom. The van der Waals surface area contributed by atoms with Crippen molar-refractivity contribution in [3.63, 3.8) is 0 Å². The molecule has 0 aliphatic heterocycles. The molecule has 19 heavy (non-hydrogen) atoms. The number of hydrogen-bond acceptors (Lipinski definition) is 2. The van der Waals surface area contributed by atoms with Crippen LogP contribution in [-0.4, -0.2) is 23.7 Å². The van der Waals surface area contributed by atoms with Gasteiger partial charge in [-0.1, -0.05) is 6.07 Å². The molecule has 6 heteroatoms. The topological polar surface area (TPSA) is 78.4 Å². The van der Waals surface area contributed by atoms with E-state index in [1.807, 2.05) is 0 Å². The van der Waals surface area contributed by atoms with Crippen molar-refractivity contribution in [1.29, 1.82) is 0 Å². The minimum atomic E-state index is -0.908. The maximum atomic E-state index is 13.5. The number of benzene rings is 1. The third kappa shape index (κ3) is 3.01. The zero-order valence-corrected chi connectivity index (χ0v) is 10.5. The van der Waals surface area contributed by atoms with Crippen LogP contribution in [-0.2, 0) is 4.79 Å². The zero-order chi connectivity index (χ0) is 14.0. The maximum absolute atomic E-state index is 13.5. The summed E-state index contributed by atoms with van der Waals surface area (Å²) in [5.74, 6) is -1.43. The number of anilines is 1. The first kappa shape index (κ1) is 13.3. The Morgan fingerprint density at radius 3 is 2.63 bits per heavy atom. The summed E-state index contributed by atoms with van der Waals surface area (Å²) in [6, 6.07) is 3.86. The van der Waals surface area contributed by atoms with Crippen LogP contribution in [0.25, 0.3) is 0 Å². The number of amides is 2. The van der Waals surface area contributed by atoms with Gasteiger partial charge in [-0.25, -0.2) is 9.18 Å². The summed E-state index contributed by atoms with van der Waals surface area (Å²) in [5, 5.41) is 13.8. The van der Waals surface area contributed by atoms with Gasteiger partial charge in [0.25, 0.3) is 0 Å². The Bertz CT molecular complexity index is 527. The minimum Gasteiger partial charge on any atom is -0.481 e. The lowest BCUT2D eigenvalue weighted by Gasteiger charge is -2.12. The van der Waals surface area contributed by atoms with Gasteiger partial charge in [0.05, 0.1) is 11.1 Å². The monoisotopic (exact) mass is 266 g/mol. The van der Waals surface area contributed by atoms with Crippen LogP contribution in [0, 0.1) is 18.2 Å². The van der Waals surface area contributed by atoms with Gasteiger partial charge >= 0.3 is 12.0 Å². The van der Waals surface area contributed by atoms with Gasteiger partial charge in [-0.15, -0.1) is 0 Å². The van der Waals surface area contributed by atoms with Crippen molar-refractivity contribution in [2.24, 2.45) is 5.41 Å². The van der Waals surface area contributed by atoms with Crippen LogP contribution in [0.5, 0.6) is 0 Å². The number of carbonyl (C=O) groups excluding carboxylic acids is 1. The van der Waals surface area contributed by atoms with E-state index in [1.54, 1.807) is 13.0 Å². The number of carboxylic acid groups (broad SMARTS) is 1. The Balaban J connectivity index is 1.89. The fraction of sp³-hybridized carbons (Fsp3) is 0.385. The van der Waals surface area contributed by atoms with E-state index in [9.17, 15) is 14.0 Å². The number of nitrogens with one attached hydrogen (secondary N) is 2. The second kappa shape index (κ2) is 4.87. The zero-order valence-electron chi connectivity index (χ0n) is 10.5. The van der Waals surface area contributed by atoms with Crippen LogP contribution in [0.4, 0.5) is 14.9 Å². The average Bonchev–Trinajstić information content (AvgIpc) is 3.11. The van der Waals surface area contributed by atoms with Crippen molar-refractivity contribution in [3.05, 3.63) is 29.6 Å². The Kier molecular flexibility index (Phi) is 3.42. The molecular weight excluding hydrogens is 251 g/mol. The van der Waals surface area contributed by atoms with Gasteiger partial charge in [0.15, 0.2) is 0 Å². The predicted octanol–water partition coefficient (Wildman–Crippen LogP) is 2.12. The van der Waals surface area contributed by atoms with Gasteiger partial charge in [0.2, 0.25) is 0 Å². The Labute approximate surface area is 109 Å². The largest absolute Gasteiger partial charge is 0.481 e. The van der Waals surface area contributed by atoms with Crippen molar-refractivity contribution in [2.45, 2.75) is 19.8 Å². The molecule has 0 radical (unpaired) electrons. The van der Waals surface area contributed by atoms with Gasteiger partial charge in [-0.05, 0) is 37.5 Å². The highest BCUT2D eigenvalue weighted by Gasteiger charge is 2.50. The molecule has 0 heterocycles. The van der Waals surface area contributed by atoms with Gasteiger partial charge in [0, 0.05) is 6.54 Å². The van der Waals surface area contributed by atoms with E-state index in [4.69, 9.17) is 5.11 Å². The molecule has 1 aromatic rings. The molecule has 0 unspecified atom stereocenters. The summed E-state index contributed by atoms with van der Waals surface area (Å²) in [7, 11) is 0. The fourth-order valence-electron chi connectivity index (χ4n) is 1.75. The molecule has 0 bridgehead atoms. The summed E-state index contributed by atoms with van der Waals surface area (Å²) < 4.78 is 13.5. The van der Waals surface area contributed by atoms with Crippen molar-refractivity contribution >= 4 is 17.7 Å². The summed E-state index contributed by atoms with van der Waals surface area (Å²) in [4.78, 5) is 22.5. The van der Waals surface area contributed by atoms with Gasteiger partial charge in [-0.2, -0.15) is 0 Å². The maximum Gasteiger partial charge on any atom is 0.319 e. The third-order valence-corrected chi connectivity index (χ3v) is 3.27. The van der Waals surface area contributed by atoms with E-state index in [0.29, 0.717) is 12.8 Å². The van der Waals surface area contributed by atoms with Crippen LogP contribution < -0.4 is 10.6 Å². The molecule has 102 valence electrons. The number of aryl methyl sites for hydroxylation is 1. The smallest absolute Gasteiger partial charge is 0.319 e. The molecule has 2 amide bonds. The van der Waals surface area contributed by atoms with Crippen LogP contribution in [0.2, 0.25) is 0 Å². The Morgan fingerprint density at radius 2 is 2.11 bits per heavy atom. The Hall–Kier alpha value is -2.11. The van der Waals surface area contributed by atoms with Crippen molar-refractivity contribution < 1.29 is 19.1 Å². The standard InChI is InChI=1S/C13H15FN2O3/c1-8-2-3-10(9(14)6-8)16-12(19)15-7-13(4-5-13)11(17)18/h2-3,6H,4-5,7H2,1H3,(H,17,18)(H2,15,16,19). The first-order valence-electron chi connectivity index (χ1n) is 5.97. The lowest BCUT2D eigenvalue weighted by atomic mass is 10.1. The minimum absolute atomic E-state index is 0.0572. The molecular formula is C13H15FN2O3. The lowest BCUT2D eigenvalue weighted by molar-refractivity contribution is -0.143. The SMILES string of the molecule is Cc1ccc(NC(=O)NCC2(C(=O)O)CC2)c(F)c1. The van der Waals surface area contributed by atoms with E-state index in [2.05, 4.69) is 10.6 Å². The molecule has 1 aromatic carbocycles. The molecule has 0 atom stereocenters. The van der Waals surface area contributed by atoms with Gasteiger partial charge in [-0.3, -0.25) is 4.79 Å². The van der Waals surface area contributed by atoms with E-state index in [-0.39, 0.29) is 12.2 Å². The second-order valence-electron chi connectivity index (χ2n) is 4.88. The normalized spacial score (nSPS) is 15.7. The highest BCUT2D eigenvalue weighted by molar-refractivity contribution is 5.90. The number of hydrogen-bond donors (Lipinski definition) is 3. The summed E-state index contributed by atoms with van der Waals surface area (Å²) in [5.41, 5.74) is -0.00192. The predicted molar refractivity (Wildman–Crippen MR) is 67.5 cm³/mol. The average molecular weight is 266 g/mol. The molecule has 0 saturated heterocycles. The first-order chi connectivity index (χ1) is 8.93. The quantitative estimate of drug-likeness (QED) is 0.781. The van der Waals surface area contributed by atoms with E-state index < -0.39 is 23.2 Å². The highest BCUT2D eigenvalue weighted by atomic mass is 19.1. The molecule has 1 aliphatic carbocycles. The van der Waals surface area contributed by atoms with Crippen molar-refractivity contribution in [3.8, 4) is 0 Å². The number of urea groups is 1. The third-order valence-electron chi connectivity index (χ3n) is 3.27. The summed E-state index contributed by atoms with van der Waals surface area (Å²) in [6.07, 6.45) is 1.11. The van der Waals surface area contributed by atoms with E-state index in [1.165, 1.54) is 12.1 Å². The summed E-state index contributed by atoms with van der Waals surface area (Å²) >= 11 is 0. The molecule has 1 saturated carbocycles. The fourth-order valence-corrected chi connectivity index (χ4v) is 1.75. The summed E-state index contributed by atoms with van der Waals surface area (Å²) in [6.45, 7) is 1.80. The first-order valence-corrected chi connectivity index (χ1v) is 5.97. The molecule has 5 nitrogen and oxygen atoms in total. The van der Waals surface area contributed by atoms with Crippen LogP contribution in [0.1, 0.15) is 18.4 Å². The molecule has 0 spiro atoms.